The summed E-state index contributed by atoms with van der Waals surface area (Å²) in [7, 11) is 1.42. The zero-order chi connectivity index (χ0) is 13.5. The number of benzene rings is 1. The van der Waals surface area contributed by atoms with E-state index in [0.717, 1.165) is 29.7 Å². The fraction of sp³-hybridized carbons (Fsp3) is 0.400. The van der Waals surface area contributed by atoms with Gasteiger partial charge in [-0.05, 0) is 37.8 Å². The van der Waals surface area contributed by atoms with E-state index < -0.39 is 0 Å². The predicted molar refractivity (Wildman–Crippen MR) is 73.9 cm³/mol. The molecule has 3 nitrogen and oxygen atoms in total. The molecule has 3 heteroatoms. The second kappa shape index (κ2) is 6.84. The van der Waals surface area contributed by atoms with Gasteiger partial charge in [0.05, 0.1) is 7.11 Å². The summed E-state index contributed by atoms with van der Waals surface area (Å²) < 4.78 is 4.60. The molecule has 0 aliphatic rings. The van der Waals surface area contributed by atoms with Crippen LogP contribution in [-0.2, 0) is 16.0 Å². The molecule has 0 atom stereocenters. The summed E-state index contributed by atoms with van der Waals surface area (Å²) in [5.41, 5.74) is 10.2. The molecule has 0 aliphatic heterocycles. The van der Waals surface area contributed by atoms with Crippen LogP contribution in [0.15, 0.2) is 29.8 Å². The largest absolute Gasteiger partial charge is 0.469 e. The van der Waals surface area contributed by atoms with Crippen molar-refractivity contribution in [2.75, 3.05) is 7.11 Å². The Labute approximate surface area is 109 Å². The van der Waals surface area contributed by atoms with Crippen LogP contribution in [0, 0.1) is 0 Å². The van der Waals surface area contributed by atoms with Crippen LogP contribution in [0.25, 0.3) is 5.70 Å². The summed E-state index contributed by atoms with van der Waals surface area (Å²) in [5, 5.41) is 0. The van der Waals surface area contributed by atoms with Crippen molar-refractivity contribution < 1.29 is 9.53 Å². The molecule has 0 aliphatic carbocycles. The first-order chi connectivity index (χ1) is 8.54. The number of carbonyl (C=O) groups is 1. The summed E-state index contributed by atoms with van der Waals surface area (Å²) in [6.45, 7) is 4.00. The lowest BCUT2D eigenvalue weighted by Gasteiger charge is -2.06. The van der Waals surface area contributed by atoms with Gasteiger partial charge in [0.1, 0.15) is 0 Å². The average molecular weight is 247 g/mol. The van der Waals surface area contributed by atoms with E-state index in [4.69, 9.17) is 5.73 Å². The van der Waals surface area contributed by atoms with Crippen molar-refractivity contribution in [3.63, 3.8) is 0 Å². The molecule has 0 saturated heterocycles. The number of rotatable bonds is 5. The monoisotopic (exact) mass is 247 g/mol. The fourth-order valence-electron chi connectivity index (χ4n) is 1.68. The van der Waals surface area contributed by atoms with Crippen LogP contribution >= 0.6 is 0 Å². The molecule has 1 aromatic carbocycles. The third kappa shape index (κ3) is 4.24. The minimum Gasteiger partial charge on any atom is -0.469 e. The summed E-state index contributed by atoms with van der Waals surface area (Å²) in [6, 6.07) is 8.16. The van der Waals surface area contributed by atoms with Gasteiger partial charge in [-0.25, -0.2) is 0 Å². The van der Waals surface area contributed by atoms with Gasteiger partial charge in [0.15, 0.2) is 0 Å². The third-order valence-corrected chi connectivity index (χ3v) is 2.88. The molecular weight excluding hydrogens is 226 g/mol. The Balaban J connectivity index is 2.56. The van der Waals surface area contributed by atoms with Gasteiger partial charge in [0, 0.05) is 12.1 Å². The molecule has 0 amide bonds. The van der Waals surface area contributed by atoms with Crippen molar-refractivity contribution in [2.24, 2.45) is 5.73 Å². The van der Waals surface area contributed by atoms with E-state index >= 15 is 0 Å². The SMILES string of the molecule is COC(=O)CCCc1ccc(C(N)=C(C)C)cc1. The average Bonchev–Trinajstić information content (AvgIpc) is 2.38. The van der Waals surface area contributed by atoms with Crippen LogP contribution in [0.4, 0.5) is 0 Å². The number of hydrogen-bond acceptors (Lipinski definition) is 3. The number of allylic oxidation sites excluding steroid dienone is 1. The Bertz CT molecular complexity index is 428. The number of methoxy groups -OCH3 is 1. The van der Waals surface area contributed by atoms with Crippen molar-refractivity contribution in [2.45, 2.75) is 33.1 Å². The van der Waals surface area contributed by atoms with Crippen molar-refractivity contribution in [3.05, 3.63) is 41.0 Å². The first kappa shape index (κ1) is 14.3. The number of hydrogen-bond donors (Lipinski definition) is 1. The predicted octanol–water partition coefficient (Wildman–Crippen LogP) is 2.89. The molecule has 0 radical (unpaired) electrons. The highest BCUT2D eigenvalue weighted by Crippen LogP contribution is 2.15. The van der Waals surface area contributed by atoms with E-state index in [1.54, 1.807) is 0 Å². The number of carbonyl (C=O) groups excluding carboxylic acids is 1. The molecule has 0 fully saturated rings. The first-order valence-electron chi connectivity index (χ1n) is 6.13. The topological polar surface area (TPSA) is 52.3 Å². The molecule has 0 spiro atoms. The van der Waals surface area contributed by atoms with E-state index in [1.165, 1.54) is 12.7 Å². The van der Waals surface area contributed by atoms with E-state index in [0.29, 0.717) is 6.42 Å². The molecule has 1 aromatic rings. The lowest BCUT2D eigenvalue weighted by atomic mass is 10.0. The molecule has 0 aromatic heterocycles. The van der Waals surface area contributed by atoms with E-state index in [1.807, 2.05) is 26.0 Å². The van der Waals surface area contributed by atoms with Crippen LogP contribution in [0.5, 0.6) is 0 Å². The molecule has 18 heavy (non-hydrogen) atoms. The standard InChI is InChI=1S/C15H21NO2/c1-11(2)15(16)13-9-7-12(8-10-13)5-4-6-14(17)18-3/h7-10H,4-6,16H2,1-3H3. The normalized spacial score (nSPS) is 9.94. The number of nitrogens with two attached hydrogens (primary N) is 1. The summed E-state index contributed by atoms with van der Waals surface area (Å²) in [5.74, 6) is -0.152. The quantitative estimate of drug-likeness (QED) is 0.814. The van der Waals surface area contributed by atoms with Crippen molar-refractivity contribution in [1.29, 1.82) is 0 Å². The van der Waals surface area contributed by atoms with Crippen molar-refractivity contribution in [3.8, 4) is 0 Å². The Kier molecular flexibility index (Phi) is 5.43. The van der Waals surface area contributed by atoms with E-state index in [-0.39, 0.29) is 5.97 Å². The molecule has 2 N–H and O–H groups in total. The van der Waals surface area contributed by atoms with E-state index in [2.05, 4.69) is 16.9 Å². The van der Waals surface area contributed by atoms with Gasteiger partial charge >= 0.3 is 5.97 Å². The zero-order valence-electron chi connectivity index (χ0n) is 11.3. The zero-order valence-corrected chi connectivity index (χ0v) is 11.3. The van der Waals surface area contributed by atoms with Gasteiger partial charge in [-0.1, -0.05) is 29.8 Å². The minimum atomic E-state index is -0.152. The first-order valence-corrected chi connectivity index (χ1v) is 6.13. The fourth-order valence-corrected chi connectivity index (χ4v) is 1.68. The molecule has 0 unspecified atom stereocenters. The molecule has 0 saturated carbocycles. The maximum Gasteiger partial charge on any atom is 0.305 e. The van der Waals surface area contributed by atoms with Crippen LogP contribution < -0.4 is 5.73 Å². The van der Waals surface area contributed by atoms with Gasteiger partial charge in [-0.15, -0.1) is 0 Å². The molecular formula is C15H21NO2. The highest BCUT2D eigenvalue weighted by molar-refractivity contribution is 5.69. The van der Waals surface area contributed by atoms with Gasteiger partial charge < -0.3 is 10.5 Å². The summed E-state index contributed by atoms with van der Waals surface area (Å²) in [6.07, 6.45) is 2.16. The molecule has 0 heterocycles. The summed E-state index contributed by atoms with van der Waals surface area (Å²) >= 11 is 0. The van der Waals surface area contributed by atoms with E-state index in [9.17, 15) is 4.79 Å². The van der Waals surface area contributed by atoms with Gasteiger partial charge in [0.25, 0.3) is 0 Å². The Morgan fingerprint density at radius 3 is 2.33 bits per heavy atom. The second-order valence-electron chi connectivity index (χ2n) is 4.54. The lowest BCUT2D eigenvalue weighted by molar-refractivity contribution is -0.140. The lowest BCUT2D eigenvalue weighted by Crippen LogP contribution is -2.01. The molecule has 98 valence electrons. The van der Waals surface area contributed by atoms with Crippen LogP contribution in [0.3, 0.4) is 0 Å². The second-order valence-corrected chi connectivity index (χ2v) is 4.54. The third-order valence-electron chi connectivity index (χ3n) is 2.88. The highest BCUT2D eigenvalue weighted by Gasteiger charge is 2.02. The van der Waals surface area contributed by atoms with Gasteiger partial charge in [-0.3, -0.25) is 4.79 Å². The number of esters is 1. The summed E-state index contributed by atoms with van der Waals surface area (Å²) in [4.78, 5) is 11.0. The van der Waals surface area contributed by atoms with Crippen LogP contribution in [0.1, 0.15) is 37.8 Å². The van der Waals surface area contributed by atoms with Crippen molar-refractivity contribution >= 4 is 11.7 Å². The Morgan fingerprint density at radius 2 is 1.83 bits per heavy atom. The van der Waals surface area contributed by atoms with Gasteiger partial charge in [-0.2, -0.15) is 0 Å². The number of ether oxygens (including phenoxy) is 1. The highest BCUT2D eigenvalue weighted by atomic mass is 16.5. The Hall–Kier alpha value is -1.77. The smallest absolute Gasteiger partial charge is 0.305 e. The molecule has 0 bridgehead atoms. The van der Waals surface area contributed by atoms with Gasteiger partial charge in [0.2, 0.25) is 0 Å². The van der Waals surface area contributed by atoms with Crippen LogP contribution in [0.2, 0.25) is 0 Å². The van der Waals surface area contributed by atoms with Crippen molar-refractivity contribution in [1.82, 2.24) is 0 Å². The maximum atomic E-state index is 11.0. The minimum absolute atomic E-state index is 0.152. The molecule has 1 rings (SSSR count). The number of aryl methyl sites for hydroxylation is 1. The maximum absolute atomic E-state index is 11.0. The van der Waals surface area contributed by atoms with Crippen LogP contribution in [-0.4, -0.2) is 13.1 Å². The Morgan fingerprint density at radius 1 is 1.22 bits per heavy atom.